The van der Waals surface area contributed by atoms with Gasteiger partial charge in [0.2, 0.25) is 0 Å². The van der Waals surface area contributed by atoms with Crippen molar-refractivity contribution in [3.05, 3.63) is 88.5 Å². The molecule has 34 heavy (non-hydrogen) atoms. The average molecular weight is 486 g/mol. The molecule has 8 heteroatoms. The molecular formula is C26H29F2N3O2S. The molecule has 5 nitrogen and oxygen atoms in total. The van der Waals surface area contributed by atoms with E-state index in [2.05, 4.69) is 10.2 Å². The van der Waals surface area contributed by atoms with Crippen LogP contribution < -0.4 is 10.2 Å². The van der Waals surface area contributed by atoms with Gasteiger partial charge in [-0.1, -0.05) is 31.2 Å². The number of methoxy groups -OCH3 is 1. The molecule has 0 saturated heterocycles. The van der Waals surface area contributed by atoms with Gasteiger partial charge in [-0.15, -0.1) is 11.8 Å². The highest BCUT2D eigenvalue weighted by Gasteiger charge is 2.20. The molecule has 1 amide bonds. The molecule has 2 aromatic carbocycles. The summed E-state index contributed by atoms with van der Waals surface area (Å²) in [6, 6.07) is 14.4. The van der Waals surface area contributed by atoms with Crippen molar-refractivity contribution in [1.82, 2.24) is 10.3 Å². The van der Waals surface area contributed by atoms with Gasteiger partial charge in [0.15, 0.2) is 0 Å². The zero-order chi connectivity index (χ0) is 24.5. The zero-order valence-electron chi connectivity index (χ0n) is 19.6. The number of carbonyl (C=O) groups is 1. The van der Waals surface area contributed by atoms with Gasteiger partial charge >= 0.3 is 0 Å². The van der Waals surface area contributed by atoms with E-state index in [4.69, 9.17) is 9.72 Å². The third-order valence-corrected chi connectivity index (χ3v) is 6.05. The van der Waals surface area contributed by atoms with Crippen LogP contribution in [0.1, 0.15) is 34.0 Å². The molecule has 1 heterocycles. The van der Waals surface area contributed by atoms with Crippen molar-refractivity contribution < 1.29 is 18.3 Å². The molecule has 0 fully saturated rings. The van der Waals surface area contributed by atoms with Gasteiger partial charge in [-0.2, -0.15) is 0 Å². The van der Waals surface area contributed by atoms with Crippen molar-refractivity contribution in [3.63, 3.8) is 0 Å². The van der Waals surface area contributed by atoms with Gasteiger partial charge < -0.3 is 15.0 Å². The van der Waals surface area contributed by atoms with E-state index in [1.54, 1.807) is 31.4 Å². The highest BCUT2D eigenvalue weighted by Crippen LogP contribution is 2.28. The molecule has 0 atom stereocenters. The summed E-state index contributed by atoms with van der Waals surface area (Å²) in [5, 5.41) is 3.52. The minimum absolute atomic E-state index is 0.221. The van der Waals surface area contributed by atoms with Crippen LogP contribution in [0.2, 0.25) is 0 Å². The lowest BCUT2D eigenvalue weighted by atomic mass is 10.1. The van der Waals surface area contributed by atoms with Gasteiger partial charge in [0.1, 0.15) is 22.5 Å². The average Bonchev–Trinajstić information content (AvgIpc) is 2.81. The lowest BCUT2D eigenvalue weighted by molar-refractivity contribution is 0.0946. The third kappa shape index (κ3) is 7.01. The van der Waals surface area contributed by atoms with Crippen LogP contribution in [0.4, 0.5) is 14.6 Å². The van der Waals surface area contributed by atoms with Crippen LogP contribution in [-0.2, 0) is 17.8 Å². The number of thioether (sulfide) groups is 1. The second kappa shape index (κ2) is 12.5. The second-order valence-electron chi connectivity index (χ2n) is 7.76. The molecule has 0 saturated carbocycles. The van der Waals surface area contributed by atoms with Crippen LogP contribution in [0.5, 0.6) is 0 Å². The maximum absolute atomic E-state index is 13.5. The smallest absolute Gasteiger partial charge is 0.254 e. The van der Waals surface area contributed by atoms with Crippen molar-refractivity contribution in [2.75, 3.05) is 30.9 Å². The van der Waals surface area contributed by atoms with E-state index >= 15 is 0 Å². The van der Waals surface area contributed by atoms with Crippen molar-refractivity contribution >= 4 is 23.5 Å². The number of aromatic nitrogens is 1. The summed E-state index contributed by atoms with van der Waals surface area (Å²) in [6.07, 6.45) is 0. The number of ether oxygens (including phenoxy) is 1. The molecule has 0 aliphatic heterocycles. The molecule has 0 radical (unpaired) electrons. The van der Waals surface area contributed by atoms with E-state index in [0.717, 1.165) is 22.7 Å². The molecule has 180 valence electrons. The van der Waals surface area contributed by atoms with E-state index < -0.39 is 0 Å². The second-order valence-corrected chi connectivity index (χ2v) is 9.02. The fraction of sp³-hybridized carbons (Fsp3) is 0.308. The number of rotatable bonds is 11. The fourth-order valence-corrected chi connectivity index (χ4v) is 4.34. The number of hydrogen-bond acceptors (Lipinski definition) is 5. The first-order chi connectivity index (χ1) is 16.4. The van der Waals surface area contributed by atoms with Crippen LogP contribution in [0.25, 0.3) is 0 Å². The predicted octanol–water partition coefficient (Wildman–Crippen LogP) is 5.36. The Balaban J connectivity index is 1.87. The highest BCUT2D eigenvalue weighted by atomic mass is 32.2. The molecule has 0 bridgehead atoms. The summed E-state index contributed by atoms with van der Waals surface area (Å²) in [5.41, 5.74) is 2.93. The number of halogens is 2. The standard InChI is InChI=1S/C26H29F2N3O2S/c1-4-34-26-24(25(32)29-16-20-6-5-7-22(28)15-20)18(2)14-23(30-26)31(12-13-33-3)17-19-8-10-21(27)11-9-19/h5-11,14-15H,4,12-13,16-17H2,1-3H3,(H,29,32). The maximum atomic E-state index is 13.5. The van der Waals surface area contributed by atoms with Crippen molar-refractivity contribution in [2.24, 2.45) is 0 Å². The molecule has 3 rings (SSSR count). The van der Waals surface area contributed by atoms with E-state index in [1.807, 2.05) is 19.9 Å². The molecule has 0 aliphatic rings. The van der Waals surface area contributed by atoms with Gasteiger partial charge in [0.05, 0.1) is 12.2 Å². The van der Waals surface area contributed by atoms with Gasteiger partial charge in [-0.05, 0) is 59.7 Å². The molecular weight excluding hydrogens is 456 g/mol. The summed E-state index contributed by atoms with van der Waals surface area (Å²) in [5.74, 6) is 0.593. The van der Waals surface area contributed by atoms with E-state index in [9.17, 15) is 13.6 Å². The van der Waals surface area contributed by atoms with Crippen LogP contribution >= 0.6 is 11.8 Å². The Morgan fingerprint density at radius 3 is 2.53 bits per heavy atom. The zero-order valence-corrected chi connectivity index (χ0v) is 20.4. The SMILES string of the molecule is CCSc1nc(N(CCOC)Cc2ccc(F)cc2)cc(C)c1C(=O)NCc1cccc(F)c1. The third-order valence-electron chi connectivity index (χ3n) is 5.20. The molecule has 1 aromatic heterocycles. The Labute approximate surface area is 203 Å². The Morgan fingerprint density at radius 1 is 1.09 bits per heavy atom. The Morgan fingerprint density at radius 2 is 1.85 bits per heavy atom. The fourth-order valence-electron chi connectivity index (χ4n) is 3.51. The summed E-state index contributed by atoms with van der Waals surface area (Å²) >= 11 is 1.49. The molecule has 1 N–H and O–H groups in total. The number of benzene rings is 2. The van der Waals surface area contributed by atoms with Crippen LogP contribution in [0.15, 0.2) is 59.6 Å². The highest BCUT2D eigenvalue weighted by molar-refractivity contribution is 7.99. The number of aryl methyl sites for hydroxylation is 1. The Hall–Kier alpha value is -2.97. The summed E-state index contributed by atoms with van der Waals surface area (Å²) in [4.78, 5) is 19.9. The van der Waals surface area contributed by atoms with Gasteiger partial charge in [-0.3, -0.25) is 4.79 Å². The molecule has 0 spiro atoms. The van der Waals surface area contributed by atoms with Crippen LogP contribution in [-0.4, -0.2) is 36.9 Å². The monoisotopic (exact) mass is 485 g/mol. The first-order valence-electron chi connectivity index (χ1n) is 11.1. The van der Waals surface area contributed by atoms with Crippen LogP contribution in [0, 0.1) is 18.6 Å². The lowest BCUT2D eigenvalue weighted by Gasteiger charge is -2.25. The topological polar surface area (TPSA) is 54.5 Å². The number of amides is 1. The Kier molecular flexibility index (Phi) is 9.42. The quantitative estimate of drug-likeness (QED) is 0.371. The van der Waals surface area contributed by atoms with E-state index in [0.29, 0.717) is 35.8 Å². The normalized spacial score (nSPS) is 10.9. The van der Waals surface area contributed by atoms with Crippen molar-refractivity contribution in [1.29, 1.82) is 0 Å². The maximum Gasteiger partial charge on any atom is 0.254 e. The number of anilines is 1. The van der Waals surface area contributed by atoms with Gasteiger partial charge in [0.25, 0.3) is 5.91 Å². The van der Waals surface area contributed by atoms with Crippen molar-refractivity contribution in [3.8, 4) is 0 Å². The molecule has 3 aromatic rings. The minimum Gasteiger partial charge on any atom is -0.383 e. The number of nitrogens with zero attached hydrogens (tertiary/aromatic N) is 2. The van der Waals surface area contributed by atoms with E-state index in [1.165, 1.54) is 36.0 Å². The van der Waals surface area contributed by atoms with Gasteiger partial charge in [0, 0.05) is 26.7 Å². The first-order valence-corrected chi connectivity index (χ1v) is 12.0. The minimum atomic E-state index is -0.339. The number of pyridine rings is 1. The number of carbonyl (C=O) groups excluding carboxylic acids is 1. The van der Waals surface area contributed by atoms with Crippen LogP contribution in [0.3, 0.4) is 0 Å². The van der Waals surface area contributed by atoms with E-state index in [-0.39, 0.29) is 24.1 Å². The number of hydrogen-bond donors (Lipinski definition) is 1. The summed E-state index contributed by atoms with van der Waals surface area (Å²) < 4.78 is 32.1. The lowest BCUT2D eigenvalue weighted by Crippen LogP contribution is -2.29. The van der Waals surface area contributed by atoms with Crippen molar-refractivity contribution in [2.45, 2.75) is 32.0 Å². The summed E-state index contributed by atoms with van der Waals surface area (Å²) in [6.45, 7) is 5.71. The van der Waals surface area contributed by atoms with Gasteiger partial charge in [-0.25, -0.2) is 13.8 Å². The Bertz CT molecular complexity index is 1110. The largest absolute Gasteiger partial charge is 0.383 e. The molecule has 0 unspecified atom stereocenters. The molecule has 0 aliphatic carbocycles. The first kappa shape index (κ1) is 25.6. The summed E-state index contributed by atoms with van der Waals surface area (Å²) in [7, 11) is 1.64. The predicted molar refractivity (Wildman–Crippen MR) is 132 cm³/mol. The number of nitrogens with one attached hydrogen (secondary N) is 1.